The lowest BCUT2D eigenvalue weighted by molar-refractivity contribution is -0.113. The van der Waals surface area contributed by atoms with Crippen LogP contribution in [0.25, 0.3) is 6.08 Å². The molecule has 5 rings (SSSR count). The van der Waals surface area contributed by atoms with Crippen LogP contribution in [0.4, 0.5) is 10.5 Å². The molecule has 3 aromatic carbocycles. The minimum atomic E-state index is -0.502. The number of piperazine rings is 1. The van der Waals surface area contributed by atoms with Gasteiger partial charge < -0.3 is 24.6 Å². The number of nitrogens with zero attached hydrogens (tertiary/aromatic N) is 3. The van der Waals surface area contributed by atoms with Gasteiger partial charge in [-0.2, -0.15) is 0 Å². The molecule has 0 radical (unpaired) electrons. The molecular formula is C30H31ClN4O4. The lowest BCUT2D eigenvalue weighted by Crippen LogP contribution is -2.44. The standard InChI is InChI=1S/C30H31ClN4O4/c1-33-16-18-34(19-17-33)15-2-20-38-25-9-3-22(4-10-25)21-28-29(36)35(30(37)32-28)24-7-13-27(14-8-24)39-26-11-5-23(31)6-12-26/h3-14,21H,2,15-20H2,1H3,(H,32,37). The molecule has 202 valence electrons. The van der Waals surface area contributed by atoms with Crippen molar-refractivity contribution in [1.29, 1.82) is 0 Å². The summed E-state index contributed by atoms with van der Waals surface area (Å²) in [6, 6.07) is 20.7. The summed E-state index contributed by atoms with van der Waals surface area (Å²) in [5, 5.41) is 3.29. The van der Waals surface area contributed by atoms with Gasteiger partial charge in [0.05, 0.1) is 12.3 Å². The molecule has 2 fully saturated rings. The van der Waals surface area contributed by atoms with Crippen LogP contribution in [0.2, 0.25) is 5.02 Å². The minimum absolute atomic E-state index is 0.210. The highest BCUT2D eigenvalue weighted by Gasteiger charge is 2.34. The first kappa shape index (κ1) is 26.7. The molecule has 2 aliphatic heterocycles. The maximum Gasteiger partial charge on any atom is 0.333 e. The Kier molecular flexibility index (Phi) is 8.46. The van der Waals surface area contributed by atoms with Crippen LogP contribution >= 0.6 is 11.6 Å². The predicted octanol–water partition coefficient (Wildman–Crippen LogP) is 5.25. The Labute approximate surface area is 233 Å². The van der Waals surface area contributed by atoms with E-state index in [0.717, 1.165) is 55.4 Å². The number of benzene rings is 3. The lowest BCUT2D eigenvalue weighted by atomic mass is 10.2. The Bertz CT molecular complexity index is 1320. The molecule has 0 aliphatic carbocycles. The SMILES string of the molecule is CN1CCN(CCCOc2ccc(C=C3NC(=O)N(c4ccc(Oc5ccc(Cl)cc5)cc4)C3=O)cc2)CC1. The van der Waals surface area contributed by atoms with Crippen molar-refractivity contribution in [2.45, 2.75) is 6.42 Å². The van der Waals surface area contributed by atoms with Crippen LogP contribution in [-0.2, 0) is 4.79 Å². The largest absolute Gasteiger partial charge is 0.494 e. The van der Waals surface area contributed by atoms with Gasteiger partial charge in [0.25, 0.3) is 5.91 Å². The summed E-state index contributed by atoms with van der Waals surface area (Å²) in [7, 11) is 2.16. The Morgan fingerprint density at radius 1 is 0.846 bits per heavy atom. The fraction of sp³-hybridized carbons (Fsp3) is 0.267. The zero-order valence-electron chi connectivity index (χ0n) is 21.8. The molecule has 2 saturated heterocycles. The van der Waals surface area contributed by atoms with Crippen LogP contribution in [0.5, 0.6) is 17.2 Å². The average Bonchev–Trinajstić information content (AvgIpc) is 3.22. The molecule has 0 unspecified atom stereocenters. The van der Waals surface area contributed by atoms with Crippen LogP contribution in [0.1, 0.15) is 12.0 Å². The first-order chi connectivity index (χ1) is 18.9. The second-order valence-corrected chi connectivity index (χ2v) is 10.0. The Hall–Kier alpha value is -3.85. The number of anilines is 1. The van der Waals surface area contributed by atoms with Crippen LogP contribution in [0.3, 0.4) is 0 Å². The number of urea groups is 1. The molecule has 2 heterocycles. The Morgan fingerprint density at radius 3 is 2.13 bits per heavy atom. The molecule has 0 spiro atoms. The molecule has 3 aromatic rings. The van der Waals surface area contributed by atoms with E-state index in [2.05, 4.69) is 22.2 Å². The number of carbonyl (C=O) groups is 2. The number of hydrogen-bond acceptors (Lipinski definition) is 6. The van der Waals surface area contributed by atoms with E-state index in [1.807, 2.05) is 24.3 Å². The molecule has 39 heavy (non-hydrogen) atoms. The number of nitrogens with one attached hydrogen (secondary N) is 1. The van der Waals surface area contributed by atoms with E-state index in [1.165, 1.54) is 0 Å². The Morgan fingerprint density at radius 2 is 1.46 bits per heavy atom. The zero-order valence-corrected chi connectivity index (χ0v) is 22.6. The summed E-state index contributed by atoms with van der Waals surface area (Å²) in [5.74, 6) is 1.57. The topological polar surface area (TPSA) is 74.3 Å². The van der Waals surface area contributed by atoms with Gasteiger partial charge in [-0.05, 0) is 85.8 Å². The third kappa shape index (κ3) is 6.97. The van der Waals surface area contributed by atoms with Crippen LogP contribution < -0.4 is 19.7 Å². The van der Waals surface area contributed by atoms with Gasteiger partial charge >= 0.3 is 6.03 Å². The van der Waals surface area contributed by atoms with Crippen molar-refractivity contribution in [3.63, 3.8) is 0 Å². The van der Waals surface area contributed by atoms with Gasteiger partial charge in [-0.3, -0.25) is 4.79 Å². The maximum absolute atomic E-state index is 13.0. The number of likely N-dealkylation sites (N-methyl/N-ethyl adjacent to an activating group) is 1. The van der Waals surface area contributed by atoms with Gasteiger partial charge in [-0.25, -0.2) is 9.69 Å². The molecule has 0 bridgehead atoms. The summed E-state index contributed by atoms with van der Waals surface area (Å²) in [5.41, 5.74) is 1.45. The maximum atomic E-state index is 13.0. The molecule has 1 N–H and O–H groups in total. The molecule has 0 saturated carbocycles. The van der Waals surface area contributed by atoms with Gasteiger partial charge in [-0.15, -0.1) is 0 Å². The fourth-order valence-corrected chi connectivity index (χ4v) is 4.57. The molecule has 8 nitrogen and oxygen atoms in total. The van der Waals surface area contributed by atoms with E-state index < -0.39 is 11.9 Å². The third-order valence-corrected chi connectivity index (χ3v) is 6.95. The van der Waals surface area contributed by atoms with E-state index in [4.69, 9.17) is 21.1 Å². The van der Waals surface area contributed by atoms with Crippen molar-refractivity contribution in [3.8, 4) is 17.2 Å². The van der Waals surface area contributed by atoms with Gasteiger partial charge in [0, 0.05) is 37.7 Å². The first-order valence-corrected chi connectivity index (χ1v) is 13.4. The smallest absolute Gasteiger partial charge is 0.333 e. The highest BCUT2D eigenvalue weighted by Crippen LogP contribution is 2.28. The minimum Gasteiger partial charge on any atom is -0.494 e. The van der Waals surface area contributed by atoms with Crippen molar-refractivity contribution in [2.24, 2.45) is 0 Å². The zero-order chi connectivity index (χ0) is 27.2. The van der Waals surface area contributed by atoms with Crippen molar-refractivity contribution in [2.75, 3.05) is 51.3 Å². The number of hydrogen-bond donors (Lipinski definition) is 1. The summed E-state index contributed by atoms with van der Waals surface area (Å²) < 4.78 is 11.7. The monoisotopic (exact) mass is 546 g/mol. The fourth-order valence-electron chi connectivity index (χ4n) is 4.45. The normalized spacial score (nSPS) is 17.5. The molecule has 2 aliphatic rings. The number of halogens is 1. The van der Waals surface area contributed by atoms with Gasteiger partial charge in [0.2, 0.25) is 0 Å². The number of carbonyl (C=O) groups excluding carboxylic acids is 2. The summed E-state index contributed by atoms with van der Waals surface area (Å²) >= 11 is 5.91. The number of amides is 3. The van der Waals surface area contributed by atoms with E-state index in [0.29, 0.717) is 28.8 Å². The first-order valence-electron chi connectivity index (χ1n) is 13.0. The average molecular weight is 547 g/mol. The molecule has 9 heteroatoms. The number of imide groups is 1. The molecule has 0 atom stereocenters. The van der Waals surface area contributed by atoms with E-state index in [-0.39, 0.29) is 5.70 Å². The molecular weight excluding hydrogens is 516 g/mol. The summed E-state index contributed by atoms with van der Waals surface area (Å²) in [4.78, 5) is 31.6. The van der Waals surface area contributed by atoms with E-state index in [9.17, 15) is 9.59 Å². The van der Waals surface area contributed by atoms with E-state index in [1.54, 1.807) is 54.6 Å². The van der Waals surface area contributed by atoms with Crippen LogP contribution in [0.15, 0.2) is 78.5 Å². The van der Waals surface area contributed by atoms with Gasteiger partial charge in [0.1, 0.15) is 22.9 Å². The number of ether oxygens (including phenoxy) is 2. The molecule has 0 aromatic heterocycles. The van der Waals surface area contributed by atoms with Crippen molar-refractivity contribution in [1.82, 2.24) is 15.1 Å². The molecule has 3 amide bonds. The quantitative estimate of drug-likeness (QED) is 0.225. The third-order valence-electron chi connectivity index (χ3n) is 6.70. The van der Waals surface area contributed by atoms with Crippen LogP contribution in [-0.4, -0.2) is 68.1 Å². The van der Waals surface area contributed by atoms with E-state index >= 15 is 0 Å². The van der Waals surface area contributed by atoms with Crippen LogP contribution in [0, 0.1) is 0 Å². The van der Waals surface area contributed by atoms with Crippen molar-refractivity contribution < 1.29 is 19.1 Å². The lowest BCUT2D eigenvalue weighted by Gasteiger charge is -2.32. The summed E-state index contributed by atoms with van der Waals surface area (Å²) in [6.07, 6.45) is 2.63. The van der Waals surface area contributed by atoms with Gasteiger partial charge in [0.15, 0.2) is 0 Å². The second kappa shape index (κ2) is 12.3. The second-order valence-electron chi connectivity index (χ2n) is 9.59. The Balaban J connectivity index is 1.14. The number of rotatable bonds is 9. The summed E-state index contributed by atoms with van der Waals surface area (Å²) in [6.45, 7) is 6.14. The highest BCUT2D eigenvalue weighted by molar-refractivity contribution is 6.30. The van der Waals surface area contributed by atoms with Crippen molar-refractivity contribution in [3.05, 3.63) is 89.1 Å². The predicted molar refractivity (Wildman–Crippen MR) is 152 cm³/mol. The van der Waals surface area contributed by atoms with Gasteiger partial charge in [-0.1, -0.05) is 23.7 Å². The highest BCUT2D eigenvalue weighted by atomic mass is 35.5. The van der Waals surface area contributed by atoms with Crippen molar-refractivity contribution >= 4 is 35.3 Å².